The maximum atomic E-state index is 8.70. The average molecular weight is 422 g/mol. The van der Waals surface area contributed by atoms with Crippen molar-refractivity contribution in [3.05, 3.63) is 0 Å². The fraction of sp³-hybridized carbons (Fsp3) is 1.00. The van der Waals surface area contributed by atoms with E-state index < -0.39 is 8.25 Å². The molecule has 0 spiro atoms. The molecule has 0 atom stereocenters. The molecule has 0 bridgehead atoms. The Morgan fingerprint density at radius 3 is 0.607 bits per heavy atom. The Kier molecular flexibility index (Phi) is 40.3. The van der Waals surface area contributed by atoms with Gasteiger partial charge in [-0.25, -0.2) is 0 Å². The monoisotopic (exact) mass is 421 g/mol. The molecule has 4 heteroatoms. The number of unbranched alkanes of at least 4 members (excludes halogenated alkanes) is 18. The van der Waals surface area contributed by atoms with E-state index in [1.54, 1.807) is 0 Å². The first-order valence-corrected chi connectivity index (χ1v) is 13.6. The van der Waals surface area contributed by atoms with Crippen molar-refractivity contribution in [2.45, 2.75) is 156 Å². The molecule has 0 saturated heterocycles. The highest BCUT2D eigenvalue weighted by molar-refractivity contribution is 7.30. The smallest absolute Gasteiger partial charge is 0.134 e. The first-order valence-electron chi connectivity index (χ1n) is 12.4. The molecule has 0 fully saturated rings. The molecule has 0 aliphatic heterocycles. The van der Waals surface area contributed by atoms with E-state index in [4.69, 9.17) is 14.4 Å². The zero-order chi connectivity index (χ0) is 21.7. The molecular formula is C24H54O3P+. The third-order valence-electron chi connectivity index (χ3n) is 4.91. The van der Waals surface area contributed by atoms with E-state index in [9.17, 15) is 0 Å². The Balaban J connectivity index is -0.000000375. The predicted octanol–water partition coefficient (Wildman–Crippen LogP) is 9.48. The van der Waals surface area contributed by atoms with Gasteiger partial charge in [0.25, 0.3) is 0 Å². The Labute approximate surface area is 179 Å². The summed E-state index contributed by atoms with van der Waals surface area (Å²) in [6.07, 6.45) is 28.9. The predicted molar refractivity (Wildman–Crippen MR) is 127 cm³/mol. The Hall–Kier alpha value is 0.0200. The topological polar surface area (TPSA) is 57.5 Å². The molecule has 172 valence electrons. The van der Waals surface area contributed by atoms with Crippen LogP contribution in [0.4, 0.5) is 0 Å². The van der Waals surface area contributed by atoms with Crippen molar-refractivity contribution >= 4 is 8.25 Å². The first-order chi connectivity index (χ1) is 13.6. The molecule has 0 aliphatic rings. The lowest BCUT2D eigenvalue weighted by atomic mass is 10.1. The average Bonchev–Trinajstić information content (AvgIpc) is 2.66. The van der Waals surface area contributed by atoms with E-state index in [1.165, 1.54) is 128 Å². The summed E-state index contributed by atoms with van der Waals surface area (Å²) >= 11 is 0. The highest BCUT2D eigenvalue weighted by Gasteiger charge is 1.93. The quantitative estimate of drug-likeness (QED) is 0.171. The Morgan fingerprint density at radius 2 is 0.500 bits per heavy atom. The molecule has 28 heavy (non-hydrogen) atoms. The molecular weight excluding hydrogens is 367 g/mol. The highest BCUT2D eigenvalue weighted by atomic mass is 31.1. The van der Waals surface area contributed by atoms with Crippen LogP contribution in [0.3, 0.4) is 0 Å². The summed E-state index contributed by atoms with van der Waals surface area (Å²) < 4.78 is 8.70. The van der Waals surface area contributed by atoms with Gasteiger partial charge in [0.2, 0.25) is 0 Å². The van der Waals surface area contributed by atoms with Crippen LogP contribution in [0.25, 0.3) is 0 Å². The van der Waals surface area contributed by atoms with Gasteiger partial charge >= 0.3 is 8.25 Å². The number of hydrogen-bond acceptors (Lipinski definition) is 1. The van der Waals surface area contributed by atoms with Gasteiger partial charge in [0.1, 0.15) is 0 Å². The van der Waals surface area contributed by atoms with Crippen LogP contribution in [0.15, 0.2) is 0 Å². The minimum Gasteiger partial charge on any atom is -0.134 e. The van der Waals surface area contributed by atoms with Crippen molar-refractivity contribution in [3.8, 4) is 0 Å². The van der Waals surface area contributed by atoms with Gasteiger partial charge in [-0.3, -0.25) is 0 Å². The third-order valence-corrected chi connectivity index (χ3v) is 4.91. The van der Waals surface area contributed by atoms with Gasteiger partial charge in [0.15, 0.2) is 0 Å². The summed E-state index contributed by atoms with van der Waals surface area (Å²) in [5.41, 5.74) is 0. The normalized spacial score (nSPS) is 9.93. The zero-order valence-electron chi connectivity index (χ0n) is 19.9. The zero-order valence-corrected chi connectivity index (χ0v) is 20.8. The van der Waals surface area contributed by atoms with Crippen molar-refractivity contribution in [2.75, 3.05) is 0 Å². The van der Waals surface area contributed by atoms with Gasteiger partial charge in [-0.15, -0.1) is 9.79 Å². The van der Waals surface area contributed by atoms with Crippen LogP contribution < -0.4 is 0 Å². The highest BCUT2D eigenvalue weighted by Crippen LogP contribution is 2.10. The molecule has 0 unspecified atom stereocenters. The summed E-state index contributed by atoms with van der Waals surface area (Å²) in [6, 6.07) is 0. The van der Waals surface area contributed by atoms with Crippen LogP contribution in [0, 0.1) is 0 Å². The second kappa shape index (κ2) is 34.5. The first kappa shape index (κ1) is 32.7. The van der Waals surface area contributed by atoms with Gasteiger partial charge in [-0.05, 0) is 0 Å². The van der Waals surface area contributed by atoms with Gasteiger partial charge in [0, 0.05) is 4.57 Å². The lowest BCUT2D eigenvalue weighted by Gasteiger charge is -1.99. The molecule has 0 amide bonds. The van der Waals surface area contributed by atoms with Crippen molar-refractivity contribution in [1.29, 1.82) is 0 Å². The number of rotatable bonds is 18. The van der Waals surface area contributed by atoms with Gasteiger partial charge in [-0.2, -0.15) is 0 Å². The van der Waals surface area contributed by atoms with Crippen molar-refractivity contribution in [1.82, 2.24) is 0 Å². The summed E-state index contributed by atoms with van der Waals surface area (Å²) in [6.45, 7) is 9.12. The fourth-order valence-corrected chi connectivity index (χ4v) is 3.12. The molecule has 0 aromatic rings. The molecule has 0 heterocycles. The molecule has 2 N–H and O–H groups in total. The fourth-order valence-electron chi connectivity index (χ4n) is 3.12. The SMILES string of the molecule is CCCCCCCCCCCC.CCCCCCCCCCCC.O=[P+](O)O. The molecule has 0 aromatic heterocycles. The van der Waals surface area contributed by atoms with Crippen LogP contribution in [0.2, 0.25) is 0 Å². The minimum atomic E-state index is -2.87. The molecule has 0 rings (SSSR count). The third kappa shape index (κ3) is 50.2. The maximum Gasteiger partial charge on any atom is 0.692 e. The van der Waals surface area contributed by atoms with E-state index in [1.807, 2.05) is 0 Å². The summed E-state index contributed by atoms with van der Waals surface area (Å²) in [5.74, 6) is 0. The van der Waals surface area contributed by atoms with Crippen LogP contribution in [0.1, 0.15) is 156 Å². The van der Waals surface area contributed by atoms with Crippen LogP contribution in [-0.4, -0.2) is 9.79 Å². The van der Waals surface area contributed by atoms with Crippen LogP contribution in [-0.2, 0) is 4.57 Å². The molecule has 0 aliphatic carbocycles. The molecule has 0 radical (unpaired) electrons. The molecule has 0 aromatic carbocycles. The van der Waals surface area contributed by atoms with Crippen LogP contribution >= 0.6 is 8.25 Å². The lowest BCUT2D eigenvalue weighted by Crippen LogP contribution is -1.80. The van der Waals surface area contributed by atoms with Crippen molar-refractivity contribution in [3.63, 3.8) is 0 Å². The van der Waals surface area contributed by atoms with E-state index in [0.717, 1.165) is 0 Å². The molecule has 3 nitrogen and oxygen atoms in total. The van der Waals surface area contributed by atoms with Crippen molar-refractivity contribution in [2.24, 2.45) is 0 Å². The summed E-state index contributed by atoms with van der Waals surface area (Å²) in [5, 5.41) is 0. The van der Waals surface area contributed by atoms with Crippen molar-refractivity contribution < 1.29 is 14.4 Å². The summed E-state index contributed by atoms with van der Waals surface area (Å²) in [7, 11) is -2.87. The van der Waals surface area contributed by atoms with E-state index in [2.05, 4.69) is 27.7 Å². The molecule has 0 saturated carbocycles. The van der Waals surface area contributed by atoms with E-state index in [-0.39, 0.29) is 0 Å². The lowest BCUT2D eigenvalue weighted by molar-refractivity contribution is 0.405. The summed E-state index contributed by atoms with van der Waals surface area (Å²) in [4.78, 5) is 14.2. The van der Waals surface area contributed by atoms with Gasteiger partial charge in [-0.1, -0.05) is 156 Å². The van der Waals surface area contributed by atoms with E-state index in [0.29, 0.717) is 0 Å². The maximum absolute atomic E-state index is 8.70. The second-order valence-corrected chi connectivity index (χ2v) is 8.42. The Bertz CT molecular complexity index is 216. The largest absolute Gasteiger partial charge is 0.692 e. The second-order valence-electron chi connectivity index (χ2n) is 7.91. The minimum absolute atomic E-state index is 1.37. The van der Waals surface area contributed by atoms with Gasteiger partial charge < -0.3 is 0 Å². The number of hydrogen-bond donors (Lipinski definition) is 2. The van der Waals surface area contributed by atoms with Crippen LogP contribution in [0.5, 0.6) is 0 Å². The Morgan fingerprint density at radius 1 is 0.393 bits per heavy atom. The van der Waals surface area contributed by atoms with Gasteiger partial charge in [0.05, 0.1) is 0 Å². The van der Waals surface area contributed by atoms with E-state index >= 15 is 0 Å². The standard InChI is InChI=1S/2C12H26.HO3P/c2*1-3-5-7-9-11-12-10-8-6-4-2;1-4(2)3/h2*3-12H2,1-2H3;(H-,1,2,3)/p+1.